The molecule has 0 spiro atoms. The van der Waals surface area contributed by atoms with E-state index >= 15 is 0 Å². The van der Waals surface area contributed by atoms with Crippen molar-refractivity contribution in [3.05, 3.63) is 95.6 Å². The molecule has 0 saturated heterocycles. The first kappa shape index (κ1) is 36.4. The van der Waals surface area contributed by atoms with Crippen molar-refractivity contribution in [2.75, 3.05) is 26.5 Å². The lowest BCUT2D eigenvalue weighted by molar-refractivity contribution is -0.151. The van der Waals surface area contributed by atoms with Crippen LogP contribution >= 0.6 is 0 Å². The van der Waals surface area contributed by atoms with Crippen molar-refractivity contribution < 1.29 is 38.2 Å². The Morgan fingerprint density at radius 2 is 1.41 bits per heavy atom. The molecule has 4 rings (SSSR count). The van der Waals surface area contributed by atoms with Crippen LogP contribution in [0.1, 0.15) is 49.3 Å². The van der Waals surface area contributed by atoms with Gasteiger partial charge in [0.25, 0.3) is 0 Å². The summed E-state index contributed by atoms with van der Waals surface area (Å²) in [6, 6.07) is 22.3. The van der Waals surface area contributed by atoms with Crippen molar-refractivity contribution in [2.45, 2.75) is 51.3 Å². The zero-order valence-electron chi connectivity index (χ0n) is 27.6. The Labute approximate surface area is 285 Å². The van der Waals surface area contributed by atoms with Crippen LogP contribution in [-0.4, -0.2) is 68.5 Å². The summed E-state index contributed by atoms with van der Waals surface area (Å²) in [6.45, 7) is 3.12. The Kier molecular flexibility index (Phi) is 13.5. The van der Waals surface area contributed by atoms with E-state index in [1.54, 1.807) is 13.8 Å². The van der Waals surface area contributed by atoms with E-state index in [0.29, 0.717) is 6.42 Å². The minimum Gasteiger partial charge on any atom is -0.459 e. The van der Waals surface area contributed by atoms with Crippen molar-refractivity contribution in [2.24, 2.45) is 11.7 Å². The average molecular weight is 674 g/mol. The SMILES string of the molecule is CC(C)[C@H](NC(=O)OCC1c2ccccc2-c2ccccc21)C(=O)N[C@@H](CCCNC(N)=O)C(=O)NCOCC(=O)OCc1ccccc1. The highest BCUT2D eigenvalue weighted by Gasteiger charge is 2.32. The molecular weight excluding hydrogens is 630 g/mol. The van der Waals surface area contributed by atoms with Crippen LogP contribution in [0.15, 0.2) is 78.9 Å². The Morgan fingerprint density at radius 3 is 2.04 bits per heavy atom. The third-order valence-corrected chi connectivity index (χ3v) is 7.98. The zero-order chi connectivity index (χ0) is 35.2. The molecule has 0 heterocycles. The number of carbonyl (C=O) groups excluding carboxylic acids is 5. The van der Waals surface area contributed by atoms with Gasteiger partial charge in [-0.3, -0.25) is 9.59 Å². The average Bonchev–Trinajstić information content (AvgIpc) is 3.42. The molecule has 2 atom stereocenters. The smallest absolute Gasteiger partial charge is 0.407 e. The fraction of sp³-hybridized carbons (Fsp3) is 0.361. The molecule has 5 amide bonds. The molecule has 1 aliphatic rings. The second kappa shape index (κ2) is 18.2. The first-order valence-electron chi connectivity index (χ1n) is 16.1. The summed E-state index contributed by atoms with van der Waals surface area (Å²) in [7, 11) is 0. The predicted molar refractivity (Wildman–Crippen MR) is 181 cm³/mol. The lowest BCUT2D eigenvalue weighted by Crippen LogP contribution is -2.55. The third kappa shape index (κ3) is 10.8. The highest BCUT2D eigenvalue weighted by Crippen LogP contribution is 2.44. The van der Waals surface area contributed by atoms with Gasteiger partial charge >= 0.3 is 18.1 Å². The number of fused-ring (bicyclic) bond motifs is 3. The number of primary amides is 1. The normalized spacial score (nSPS) is 13.0. The number of nitrogens with one attached hydrogen (secondary N) is 4. The summed E-state index contributed by atoms with van der Waals surface area (Å²) in [6.07, 6.45) is -0.331. The molecule has 49 heavy (non-hydrogen) atoms. The monoisotopic (exact) mass is 673 g/mol. The number of alkyl carbamates (subject to hydrolysis) is 1. The number of amides is 5. The number of ether oxygens (including phenoxy) is 3. The number of rotatable bonds is 17. The lowest BCUT2D eigenvalue weighted by Gasteiger charge is -2.25. The van der Waals surface area contributed by atoms with E-state index in [1.807, 2.05) is 78.9 Å². The Balaban J connectivity index is 1.29. The Bertz CT molecular complexity index is 1550. The van der Waals surface area contributed by atoms with Gasteiger partial charge in [0.1, 0.15) is 38.6 Å². The first-order chi connectivity index (χ1) is 23.6. The molecule has 3 aromatic carbocycles. The Morgan fingerprint density at radius 1 is 0.776 bits per heavy atom. The molecule has 1 aliphatic carbocycles. The van der Waals surface area contributed by atoms with Crippen molar-refractivity contribution in [1.29, 1.82) is 0 Å². The highest BCUT2D eigenvalue weighted by molar-refractivity contribution is 5.91. The summed E-state index contributed by atoms with van der Waals surface area (Å²) in [5.41, 5.74) is 10.3. The topological polar surface area (TPSA) is 187 Å². The van der Waals surface area contributed by atoms with Gasteiger partial charge in [-0.2, -0.15) is 0 Å². The van der Waals surface area contributed by atoms with E-state index in [2.05, 4.69) is 21.3 Å². The van der Waals surface area contributed by atoms with E-state index in [-0.39, 0.29) is 44.7 Å². The quantitative estimate of drug-likeness (QED) is 0.0820. The largest absolute Gasteiger partial charge is 0.459 e. The van der Waals surface area contributed by atoms with Gasteiger partial charge in [0.15, 0.2) is 0 Å². The zero-order valence-corrected chi connectivity index (χ0v) is 27.6. The number of carbonyl (C=O) groups is 5. The van der Waals surface area contributed by atoms with Crippen LogP contribution in [-0.2, 0) is 35.2 Å². The molecule has 3 aromatic rings. The molecule has 6 N–H and O–H groups in total. The lowest BCUT2D eigenvalue weighted by atomic mass is 9.98. The van der Waals surface area contributed by atoms with Crippen LogP contribution in [0.25, 0.3) is 11.1 Å². The van der Waals surface area contributed by atoms with Crippen LogP contribution < -0.4 is 27.0 Å². The Hall–Kier alpha value is -5.43. The van der Waals surface area contributed by atoms with Gasteiger partial charge in [0, 0.05) is 12.5 Å². The summed E-state index contributed by atoms with van der Waals surface area (Å²) < 4.78 is 16.0. The fourth-order valence-corrected chi connectivity index (χ4v) is 5.51. The van der Waals surface area contributed by atoms with Crippen LogP contribution in [0.5, 0.6) is 0 Å². The van der Waals surface area contributed by atoms with E-state index in [1.165, 1.54) is 0 Å². The second-order valence-corrected chi connectivity index (χ2v) is 11.9. The fourth-order valence-electron chi connectivity index (χ4n) is 5.51. The maximum absolute atomic E-state index is 13.4. The molecule has 13 heteroatoms. The van der Waals surface area contributed by atoms with Gasteiger partial charge in [-0.1, -0.05) is 92.7 Å². The van der Waals surface area contributed by atoms with Crippen LogP contribution in [0.4, 0.5) is 9.59 Å². The van der Waals surface area contributed by atoms with Gasteiger partial charge in [-0.15, -0.1) is 0 Å². The van der Waals surface area contributed by atoms with Crippen molar-refractivity contribution in [3.63, 3.8) is 0 Å². The van der Waals surface area contributed by atoms with Gasteiger partial charge in [-0.25, -0.2) is 14.4 Å². The minimum absolute atomic E-state index is 0.0734. The van der Waals surface area contributed by atoms with Gasteiger partial charge < -0.3 is 41.2 Å². The predicted octanol–water partition coefficient (Wildman–Crippen LogP) is 3.32. The minimum atomic E-state index is -1.05. The molecule has 0 bridgehead atoms. The standard InChI is InChI=1S/C36H43N5O8/c1-23(2)32(41-36(46)49-20-29-27-15-8-6-13-25(27)26-14-7-9-16-28(26)29)34(44)40-30(17-10-18-38-35(37)45)33(43)39-22-47-21-31(42)48-19-24-11-4-3-5-12-24/h3-9,11-16,23,29-30,32H,10,17-22H2,1-2H3,(H,39,43)(H,40,44)(H,41,46)(H3,37,38,45)/t30-,32-/m0/s1. The molecule has 260 valence electrons. The summed E-state index contributed by atoms with van der Waals surface area (Å²) in [5, 5.41) is 10.3. The summed E-state index contributed by atoms with van der Waals surface area (Å²) >= 11 is 0. The highest BCUT2D eigenvalue weighted by atomic mass is 16.6. The summed E-state index contributed by atoms with van der Waals surface area (Å²) in [5.74, 6) is -2.31. The summed E-state index contributed by atoms with van der Waals surface area (Å²) in [4.78, 5) is 62.6. The van der Waals surface area contributed by atoms with Crippen LogP contribution in [0.3, 0.4) is 0 Å². The molecule has 0 aliphatic heterocycles. The first-order valence-corrected chi connectivity index (χ1v) is 16.1. The molecule has 0 saturated carbocycles. The second-order valence-electron chi connectivity index (χ2n) is 11.9. The number of hydrogen-bond donors (Lipinski definition) is 5. The molecule has 0 aromatic heterocycles. The number of esters is 1. The maximum atomic E-state index is 13.4. The number of urea groups is 1. The van der Waals surface area contributed by atoms with Gasteiger partial charge in [-0.05, 0) is 46.6 Å². The number of nitrogens with two attached hydrogens (primary N) is 1. The third-order valence-electron chi connectivity index (χ3n) is 7.98. The molecule has 0 radical (unpaired) electrons. The van der Waals surface area contributed by atoms with Crippen molar-refractivity contribution in [3.8, 4) is 11.1 Å². The van der Waals surface area contributed by atoms with E-state index in [4.69, 9.17) is 19.9 Å². The number of benzene rings is 3. The molecule has 13 nitrogen and oxygen atoms in total. The van der Waals surface area contributed by atoms with Gasteiger partial charge in [0.05, 0.1) is 0 Å². The molecule has 0 unspecified atom stereocenters. The molecule has 0 fully saturated rings. The van der Waals surface area contributed by atoms with Crippen molar-refractivity contribution in [1.82, 2.24) is 21.3 Å². The molecular formula is C36H43N5O8. The number of hydrogen-bond acceptors (Lipinski definition) is 8. The van der Waals surface area contributed by atoms with Crippen molar-refractivity contribution >= 4 is 29.9 Å². The van der Waals surface area contributed by atoms with E-state index < -0.39 is 48.6 Å². The van der Waals surface area contributed by atoms with Gasteiger partial charge in [0.2, 0.25) is 11.8 Å². The van der Waals surface area contributed by atoms with E-state index in [0.717, 1.165) is 27.8 Å². The van der Waals surface area contributed by atoms with Crippen LogP contribution in [0, 0.1) is 5.92 Å². The van der Waals surface area contributed by atoms with Crippen LogP contribution in [0.2, 0.25) is 0 Å². The van der Waals surface area contributed by atoms with E-state index in [9.17, 15) is 24.0 Å². The maximum Gasteiger partial charge on any atom is 0.407 e.